The van der Waals surface area contributed by atoms with Crippen LogP contribution in [0.15, 0.2) is 63.9 Å². The van der Waals surface area contributed by atoms with Crippen LogP contribution in [-0.4, -0.2) is 23.3 Å². The third kappa shape index (κ3) is 4.13. The highest BCUT2D eigenvalue weighted by Crippen LogP contribution is 2.39. The topological polar surface area (TPSA) is 59.8 Å². The minimum atomic E-state index is -0.390. The van der Waals surface area contributed by atoms with Crippen molar-refractivity contribution in [3.8, 4) is 11.3 Å². The van der Waals surface area contributed by atoms with Crippen LogP contribution in [-0.2, 0) is 16.0 Å². The van der Waals surface area contributed by atoms with Crippen molar-refractivity contribution in [3.63, 3.8) is 0 Å². The zero-order valence-electron chi connectivity index (χ0n) is 17.9. The summed E-state index contributed by atoms with van der Waals surface area (Å²) < 4.78 is 11.2. The van der Waals surface area contributed by atoms with E-state index in [-0.39, 0.29) is 5.91 Å². The number of hydrogen-bond acceptors (Lipinski definition) is 6. The van der Waals surface area contributed by atoms with Gasteiger partial charge in [0.25, 0.3) is 5.91 Å². The average molecular weight is 464 g/mol. The molecule has 1 saturated heterocycles. The van der Waals surface area contributed by atoms with Gasteiger partial charge in [0.15, 0.2) is 4.32 Å². The maximum absolute atomic E-state index is 13.2. The van der Waals surface area contributed by atoms with E-state index in [2.05, 4.69) is 6.92 Å². The fraction of sp³-hybridized carbons (Fsp3) is 0.160. The first kappa shape index (κ1) is 22.0. The van der Waals surface area contributed by atoms with Crippen molar-refractivity contribution < 1.29 is 18.7 Å². The van der Waals surface area contributed by atoms with Crippen LogP contribution in [0, 0.1) is 6.92 Å². The molecule has 32 heavy (non-hydrogen) atoms. The molecule has 0 unspecified atom stereocenters. The molecule has 4 rings (SSSR count). The number of nitrogens with zero attached hydrogens (tertiary/aromatic N) is 1. The van der Waals surface area contributed by atoms with E-state index in [1.807, 2.05) is 31.2 Å². The maximum Gasteiger partial charge on any atom is 0.337 e. The Hall–Kier alpha value is -3.16. The number of benzene rings is 2. The number of hydrogen-bond donors (Lipinski definition) is 0. The number of methoxy groups -OCH3 is 1. The van der Waals surface area contributed by atoms with E-state index in [1.54, 1.807) is 41.3 Å². The molecule has 0 aliphatic carbocycles. The van der Waals surface area contributed by atoms with Crippen molar-refractivity contribution in [2.24, 2.45) is 0 Å². The lowest BCUT2D eigenvalue weighted by atomic mass is 10.0. The predicted octanol–water partition coefficient (Wildman–Crippen LogP) is 6.01. The molecule has 1 fully saturated rings. The van der Waals surface area contributed by atoms with Gasteiger partial charge in [0.2, 0.25) is 0 Å². The molecule has 1 aliphatic rings. The lowest BCUT2D eigenvalue weighted by molar-refractivity contribution is -0.113. The molecule has 0 spiro atoms. The van der Waals surface area contributed by atoms with Gasteiger partial charge in [-0.05, 0) is 48.7 Å². The fourth-order valence-electron chi connectivity index (χ4n) is 3.59. The van der Waals surface area contributed by atoms with Gasteiger partial charge in [0.1, 0.15) is 11.5 Å². The van der Waals surface area contributed by atoms with Crippen LogP contribution in [0.4, 0.5) is 5.69 Å². The molecule has 162 valence electrons. The lowest BCUT2D eigenvalue weighted by Gasteiger charge is -2.20. The molecule has 0 bridgehead atoms. The molecule has 0 N–H and O–H groups in total. The zero-order valence-corrected chi connectivity index (χ0v) is 19.5. The third-order valence-electron chi connectivity index (χ3n) is 5.21. The quantitative estimate of drug-likeness (QED) is 0.262. The molecule has 1 amide bonds. The van der Waals surface area contributed by atoms with Crippen molar-refractivity contribution in [1.29, 1.82) is 0 Å². The molecule has 7 heteroatoms. The second-order valence-electron chi connectivity index (χ2n) is 7.22. The van der Waals surface area contributed by atoms with Crippen LogP contribution < -0.4 is 4.90 Å². The summed E-state index contributed by atoms with van der Waals surface area (Å²) in [6.07, 6.45) is 2.53. The van der Waals surface area contributed by atoms with E-state index < -0.39 is 5.97 Å². The Morgan fingerprint density at radius 2 is 1.91 bits per heavy atom. The summed E-state index contributed by atoms with van der Waals surface area (Å²) in [5, 5.41) is 0. The standard InChI is InChI=1S/C25H21NO4S2/c1-4-16-7-5-6-15(2)22(16)26-23(27)21(32-25(26)31)14-19-12-13-20(30-19)17-8-10-18(11-9-17)24(28)29-3/h5-14H,4H2,1-3H3/b21-14-. The van der Waals surface area contributed by atoms with Gasteiger partial charge < -0.3 is 9.15 Å². The Labute approximate surface area is 196 Å². The lowest BCUT2D eigenvalue weighted by Crippen LogP contribution is -2.29. The Morgan fingerprint density at radius 1 is 1.16 bits per heavy atom. The summed E-state index contributed by atoms with van der Waals surface area (Å²) in [4.78, 5) is 27.0. The Balaban J connectivity index is 1.60. The molecule has 0 atom stereocenters. The number of aryl methyl sites for hydroxylation is 2. The molecule has 2 heterocycles. The molecule has 5 nitrogen and oxygen atoms in total. The van der Waals surface area contributed by atoms with E-state index in [0.717, 1.165) is 28.8 Å². The number of carbonyl (C=O) groups is 2. The third-order valence-corrected chi connectivity index (χ3v) is 6.51. The molecule has 1 aliphatic heterocycles. The maximum atomic E-state index is 13.2. The molecule has 0 saturated carbocycles. The summed E-state index contributed by atoms with van der Waals surface area (Å²) in [7, 11) is 1.35. The number of furan rings is 1. The highest BCUT2D eigenvalue weighted by Gasteiger charge is 2.35. The largest absolute Gasteiger partial charge is 0.465 e. The first-order chi connectivity index (χ1) is 15.4. The van der Waals surface area contributed by atoms with Crippen molar-refractivity contribution >= 4 is 51.9 Å². The highest BCUT2D eigenvalue weighted by atomic mass is 32.2. The van der Waals surface area contributed by atoms with Crippen LogP contribution in [0.5, 0.6) is 0 Å². The second-order valence-corrected chi connectivity index (χ2v) is 8.90. The first-order valence-electron chi connectivity index (χ1n) is 10.1. The van der Waals surface area contributed by atoms with E-state index in [0.29, 0.717) is 26.3 Å². The number of carbonyl (C=O) groups excluding carboxylic acids is 2. The Kier molecular flexibility index (Phi) is 6.30. The molecular formula is C25H21NO4S2. The minimum absolute atomic E-state index is 0.149. The molecule has 3 aromatic rings. The normalized spacial score (nSPS) is 15.0. The first-order valence-corrected chi connectivity index (χ1v) is 11.3. The van der Waals surface area contributed by atoms with Gasteiger partial charge in [-0.15, -0.1) is 0 Å². The van der Waals surface area contributed by atoms with Gasteiger partial charge in [0.05, 0.1) is 23.3 Å². The van der Waals surface area contributed by atoms with Crippen molar-refractivity contribution in [3.05, 3.63) is 82.0 Å². The number of anilines is 1. The smallest absolute Gasteiger partial charge is 0.337 e. The van der Waals surface area contributed by atoms with Crippen LogP contribution in [0.2, 0.25) is 0 Å². The number of para-hydroxylation sites is 1. The van der Waals surface area contributed by atoms with E-state index >= 15 is 0 Å². The van der Waals surface area contributed by atoms with Crippen LogP contribution in [0.3, 0.4) is 0 Å². The number of thioether (sulfide) groups is 1. The predicted molar refractivity (Wildman–Crippen MR) is 132 cm³/mol. The molecule has 2 aromatic carbocycles. The van der Waals surface area contributed by atoms with Crippen LogP contribution in [0.1, 0.15) is 34.2 Å². The van der Waals surface area contributed by atoms with Crippen molar-refractivity contribution in [2.45, 2.75) is 20.3 Å². The van der Waals surface area contributed by atoms with Gasteiger partial charge >= 0.3 is 5.97 Å². The van der Waals surface area contributed by atoms with E-state index in [4.69, 9.17) is 21.4 Å². The van der Waals surface area contributed by atoms with Gasteiger partial charge in [-0.2, -0.15) is 0 Å². The molecule has 1 aromatic heterocycles. The Bertz CT molecular complexity index is 1240. The highest BCUT2D eigenvalue weighted by molar-refractivity contribution is 8.27. The van der Waals surface area contributed by atoms with Crippen molar-refractivity contribution in [2.75, 3.05) is 12.0 Å². The summed E-state index contributed by atoms with van der Waals surface area (Å²) in [6, 6.07) is 16.6. The van der Waals surface area contributed by atoms with Crippen LogP contribution >= 0.6 is 24.0 Å². The summed E-state index contributed by atoms with van der Waals surface area (Å²) in [6.45, 7) is 4.05. The summed E-state index contributed by atoms with van der Waals surface area (Å²) in [5.74, 6) is 0.649. The van der Waals surface area contributed by atoms with Crippen LogP contribution in [0.25, 0.3) is 17.4 Å². The summed E-state index contributed by atoms with van der Waals surface area (Å²) in [5.41, 5.74) is 4.24. The average Bonchev–Trinajstić information content (AvgIpc) is 3.38. The monoisotopic (exact) mass is 463 g/mol. The molecule has 0 radical (unpaired) electrons. The SMILES string of the molecule is CCc1cccc(C)c1N1C(=O)/C(=C/c2ccc(-c3ccc(C(=O)OC)cc3)o2)SC1=S. The van der Waals surface area contributed by atoms with E-state index in [1.165, 1.54) is 18.9 Å². The number of thiocarbonyl (C=S) groups is 1. The van der Waals surface area contributed by atoms with Gasteiger partial charge in [-0.1, -0.05) is 61.2 Å². The van der Waals surface area contributed by atoms with E-state index in [9.17, 15) is 9.59 Å². The molecular weight excluding hydrogens is 442 g/mol. The fourth-order valence-corrected chi connectivity index (χ4v) is 4.84. The van der Waals surface area contributed by atoms with Gasteiger partial charge in [-0.3, -0.25) is 9.69 Å². The second kappa shape index (κ2) is 9.14. The minimum Gasteiger partial charge on any atom is -0.465 e. The Morgan fingerprint density at radius 3 is 2.59 bits per heavy atom. The number of rotatable bonds is 5. The number of ether oxygens (including phenoxy) is 1. The number of amides is 1. The van der Waals surface area contributed by atoms with Gasteiger partial charge in [0, 0.05) is 11.6 Å². The summed E-state index contributed by atoms with van der Waals surface area (Å²) >= 11 is 6.81. The van der Waals surface area contributed by atoms with Gasteiger partial charge in [-0.25, -0.2) is 4.79 Å². The van der Waals surface area contributed by atoms with Crippen molar-refractivity contribution in [1.82, 2.24) is 0 Å². The zero-order chi connectivity index (χ0) is 22.8. The number of esters is 1.